The first-order valence-electron chi connectivity index (χ1n) is 8.78. The Morgan fingerprint density at radius 2 is 2.00 bits per heavy atom. The van der Waals surface area contributed by atoms with Gasteiger partial charge in [0.25, 0.3) is 5.91 Å². The van der Waals surface area contributed by atoms with E-state index in [2.05, 4.69) is 20.9 Å². The number of rotatable bonds is 2. The standard InChI is InChI=1S/C19H23N3O/c1-21-9-4-13-2-3-15(12-16(13)21)18(23)20-17-14-5-10-22(11-6-14)19(17)7-8-19/h2-4,9,12,14,17H,5-8,10-11H2,1H3,(H,20,23)/t17-/m0/s1. The number of fused-ring (bicyclic) bond motifs is 3. The van der Waals surface area contributed by atoms with Crippen molar-refractivity contribution in [2.75, 3.05) is 13.1 Å². The number of amides is 1. The minimum atomic E-state index is 0.0955. The molecule has 4 heterocycles. The molecule has 2 bridgehead atoms. The van der Waals surface area contributed by atoms with Crippen molar-refractivity contribution < 1.29 is 4.79 Å². The third-order valence-electron chi connectivity index (χ3n) is 6.42. The molecule has 4 fully saturated rings. The van der Waals surface area contributed by atoms with Crippen LogP contribution >= 0.6 is 0 Å². The first kappa shape index (κ1) is 13.6. The Balaban J connectivity index is 1.43. The number of benzene rings is 1. The fraction of sp³-hybridized carbons (Fsp3) is 0.526. The highest BCUT2D eigenvalue weighted by Gasteiger charge is 2.60. The number of aromatic nitrogens is 1. The second-order valence-electron chi connectivity index (χ2n) is 7.58. The first-order chi connectivity index (χ1) is 11.2. The summed E-state index contributed by atoms with van der Waals surface area (Å²) in [5.41, 5.74) is 2.20. The Labute approximate surface area is 136 Å². The molecule has 1 spiro atoms. The van der Waals surface area contributed by atoms with Crippen molar-refractivity contribution in [1.29, 1.82) is 0 Å². The van der Waals surface area contributed by atoms with Crippen LogP contribution in [0.1, 0.15) is 36.0 Å². The molecule has 0 radical (unpaired) electrons. The van der Waals surface area contributed by atoms with E-state index in [9.17, 15) is 4.79 Å². The van der Waals surface area contributed by atoms with Gasteiger partial charge in [0.05, 0.1) is 6.04 Å². The molecule has 1 atom stereocenters. The maximum absolute atomic E-state index is 12.8. The van der Waals surface area contributed by atoms with E-state index in [1.807, 2.05) is 31.4 Å². The third-order valence-corrected chi connectivity index (χ3v) is 6.42. The zero-order chi connectivity index (χ0) is 15.6. The summed E-state index contributed by atoms with van der Waals surface area (Å²) in [6, 6.07) is 8.46. The number of piperidine rings is 3. The Kier molecular flexibility index (Phi) is 2.72. The molecule has 2 aromatic rings. The topological polar surface area (TPSA) is 37.3 Å². The van der Waals surface area contributed by atoms with Gasteiger partial charge in [0.15, 0.2) is 0 Å². The molecule has 0 unspecified atom stereocenters. The highest BCUT2D eigenvalue weighted by atomic mass is 16.1. The maximum atomic E-state index is 12.8. The lowest BCUT2D eigenvalue weighted by molar-refractivity contribution is -0.00144. The summed E-state index contributed by atoms with van der Waals surface area (Å²) in [5.74, 6) is 0.767. The second-order valence-corrected chi connectivity index (χ2v) is 7.58. The van der Waals surface area contributed by atoms with Crippen LogP contribution in [0.4, 0.5) is 0 Å². The molecule has 1 aromatic heterocycles. The highest BCUT2D eigenvalue weighted by Crippen LogP contribution is 2.53. The van der Waals surface area contributed by atoms with Gasteiger partial charge in [0.2, 0.25) is 0 Å². The fourth-order valence-corrected chi connectivity index (χ4v) is 4.95. The lowest BCUT2D eigenvalue weighted by Gasteiger charge is -2.52. The number of aryl methyl sites for hydroxylation is 1. The average Bonchev–Trinajstić information content (AvgIpc) is 3.28. The summed E-state index contributed by atoms with van der Waals surface area (Å²) in [5, 5.41) is 4.59. The van der Waals surface area contributed by atoms with Crippen LogP contribution in [0.5, 0.6) is 0 Å². The van der Waals surface area contributed by atoms with Crippen LogP contribution in [0.15, 0.2) is 30.5 Å². The summed E-state index contributed by atoms with van der Waals surface area (Å²) in [4.78, 5) is 15.5. The van der Waals surface area contributed by atoms with Gasteiger partial charge in [-0.3, -0.25) is 9.69 Å². The first-order valence-corrected chi connectivity index (χ1v) is 8.78. The van der Waals surface area contributed by atoms with Crippen LogP contribution < -0.4 is 5.32 Å². The van der Waals surface area contributed by atoms with Crippen molar-refractivity contribution in [2.45, 2.75) is 37.3 Å². The van der Waals surface area contributed by atoms with E-state index in [0.717, 1.165) is 11.1 Å². The van der Waals surface area contributed by atoms with Gasteiger partial charge in [-0.05, 0) is 68.3 Å². The number of hydrogen-bond acceptors (Lipinski definition) is 2. The van der Waals surface area contributed by atoms with Crippen molar-refractivity contribution in [1.82, 2.24) is 14.8 Å². The predicted molar refractivity (Wildman–Crippen MR) is 90.4 cm³/mol. The van der Waals surface area contributed by atoms with E-state index in [1.165, 1.54) is 44.2 Å². The molecule has 6 rings (SSSR count). The van der Waals surface area contributed by atoms with Gasteiger partial charge in [0, 0.05) is 29.9 Å². The summed E-state index contributed by atoms with van der Waals surface area (Å²) in [7, 11) is 2.02. The van der Waals surface area contributed by atoms with Gasteiger partial charge in [-0.1, -0.05) is 6.07 Å². The molecule has 3 aliphatic heterocycles. The van der Waals surface area contributed by atoms with Crippen LogP contribution in [-0.2, 0) is 7.05 Å². The van der Waals surface area contributed by atoms with E-state index < -0.39 is 0 Å². The number of nitrogens with one attached hydrogen (secondary N) is 1. The maximum Gasteiger partial charge on any atom is 0.251 e. The quantitative estimate of drug-likeness (QED) is 0.925. The zero-order valence-electron chi connectivity index (χ0n) is 13.6. The second kappa shape index (κ2) is 4.60. The highest BCUT2D eigenvalue weighted by molar-refractivity contribution is 5.98. The predicted octanol–water partition coefficient (Wildman–Crippen LogP) is 2.53. The molecular formula is C19H23N3O. The smallest absolute Gasteiger partial charge is 0.251 e. The SMILES string of the molecule is Cn1ccc2ccc(C(=O)N[C@H]3C4CCN(CC4)C34CC4)cc21. The largest absolute Gasteiger partial charge is 0.351 e. The molecule has 120 valence electrons. The van der Waals surface area contributed by atoms with Crippen molar-refractivity contribution in [3.05, 3.63) is 36.0 Å². The summed E-state index contributed by atoms with van der Waals surface area (Å²) in [6.07, 6.45) is 7.03. The molecule has 1 amide bonds. The third kappa shape index (κ3) is 1.91. The van der Waals surface area contributed by atoms with Gasteiger partial charge in [-0.15, -0.1) is 0 Å². The molecule has 4 aliphatic rings. The number of carbonyl (C=O) groups is 1. The molecule has 1 saturated carbocycles. The van der Waals surface area contributed by atoms with E-state index in [-0.39, 0.29) is 5.91 Å². The molecule has 23 heavy (non-hydrogen) atoms. The van der Waals surface area contributed by atoms with Crippen molar-refractivity contribution in [2.24, 2.45) is 13.0 Å². The summed E-state index contributed by atoms with van der Waals surface area (Å²) < 4.78 is 2.07. The van der Waals surface area contributed by atoms with Crippen LogP contribution in [-0.4, -0.2) is 40.0 Å². The van der Waals surface area contributed by atoms with Crippen molar-refractivity contribution >= 4 is 16.8 Å². The van der Waals surface area contributed by atoms with Crippen molar-refractivity contribution in [3.63, 3.8) is 0 Å². The molecule has 4 nitrogen and oxygen atoms in total. The van der Waals surface area contributed by atoms with Gasteiger partial charge in [0.1, 0.15) is 0 Å². The number of carbonyl (C=O) groups excluding carboxylic acids is 1. The lowest BCUT2D eigenvalue weighted by atomic mass is 9.77. The van der Waals surface area contributed by atoms with E-state index in [1.54, 1.807) is 0 Å². The molecule has 4 heteroatoms. The Hall–Kier alpha value is -1.81. The average molecular weight is 309 g/mol. The van der Waals surface area contributed by atoms with Crippen LogP contribution in [0.25, 0.3) is 10.9 Å². The van der Waals surface area contributed by atoms with Crippen LogP contribution in [0.2, 0.25) is 0 Å². The van der Waals surface area contributed by atoms with Crippen LogP contribution in [0, 0.1) is 5.92 Å². The Bertz CT molecular complexity index is 781. The summed E-state index contributed by atoms with van der Waals surface area (Å²) >= 11 is 0. The minimum Gasteiger partial charge on any atom is -0.351 e. The van der Waals surface area contributed by atoms with Gasteiger partial charge in [-0.2, -0.15) is 0 Å². The molecule has 1 aromatic carbocycles. The van der Waals surface area contributed by atoms with Gasteiger partial charge < -0.3 is 9.88 Å². The molecule has 1 aliphatic carbocycles. The fourth-order valence-electron chi connectivity index (χ4n) is 4.95. The molecule has 3 saturated heterocycles. The normalized spacial score (nSPS) is 30.7. The Morgan fingerprint density at radius 3 is 2.74 bits per heavy atom. The van der Waals surface area contributed by atoms with Crippen LogP contribution in [0.3, 0.4) is 0 Å². The van der Waals surface area contributed by atoms with E-state index in [0.29, 0.717) is 17.5 Å². The molecular weight excluding hydrogens is 286 g/mol. The lowest BCUT2D eigenvalue weighted by Crippen LogP contribution is -2.65. The minimum absolute atomic E-state index is 0.0955. The monoisotopic (exact) mass is 309 g/mol. The van der Waals surface area contributed by atoms with Crippen molar-refractivity contribution in [3.8, 4) is 0 Å². The van der Waals surface area contributed by atoms with Gasteiger partial charge >= 0.3 is 0 Å². The molecule has 1 N–H and O–H groups in total. The zero-order valence-corrected chi connectivity index (χ0v) is 13.6. The number of nitrogens with zero attached hydrogens (tertiary/aromatic N) is 2. The number of hydrogen-bond donors (Lipinski definition) is 1. The summed E-state index contributed by atoms with van der Waals surface area (Å²) in [6.45, 7) is 2.46. The van der Waals surface area contributed by atoms with E-state index >= 15 is 0 Å². The Morgan fingerprint density at radius 1 is 1.22 bits per heavy atom. The van der Waals surface area contributed by atoms with E-state index in [4.69, 9.17) is 0 Å². The van der Waals surface area contributed by atoms with Gasteiger partial charge in [-0.25, -0.2) is 0 Å².